The van der Waals surface area contributed by atoms with Crippen LogP contribution in [0.3, 0.4) is 0 Å². The summed E-state index contributed by atoms with van der Waals surface area (Å²) in [7, 11) is 1.66. The van der Waals surface area contributed by atoms with Crippen LogP contribution < -0.4 is 0 Å². The van der Waals surface area contributed by atoms with Gasteiger partial charge in [-0.15, -0.1) is 6.58 Å². The molecule has 0 saturated carbocycles. The average molecular weight is 370 g/mol. The second-order valence-electron chi connectivity index (χ2n) is 8.28. The molecule has 0 aromatic rings. The number of carbonyl (C=O) groups is 1. The van der Waals surface area contributed by atoms with Crippen molar-refractivity contribution in [2.24, 2.45) is 5.92 Å². The van der Waals surface area contributed by atoms with Crippen molar-refractivity contribution in [2.45, 2.75) is 57.7 Å². The Labute approximate surface area is 154 Å². The van der Waals surface area contributed by atoms with Gasteiger partial charge in [0.15, 0.2) is 14.6 Å². The van der Waals surface area contributed by atoms with Crippen LogP contribution >= 0.6 is 0 Å². The van der Waals surface area contributed by atoms with E-state index in [2.05, 4.69) is 40.4 Å². The van der Waals surface area contributed by atoms with Gasteiger partial charge in [0.05, 0.1) is 19.3 Å². The summed E-state index contributed by atoms with van der Waals surface area (Å²) in [5, 5.41) is 0.130. The second kappa shape index (κ2) is 9.12. The molecule has 0 aromatic heterocycles. The molecule has 0 saturated heterocycles. The van der Waals surface area contributed by atoms with Crippen molar-refractivity contribution in [1.29, 1.82) is 0 Å². The van der Waals surface area contributed by atoms with Gasteiger partial charge in [-0.2, -0.15) is 0 Å². The van der Waals surface area contributed by atoms with Crippen LogP contribution in [0.25, 0.3) is 0 Å². The fourth-order valence-corrected chi connectivity index (χ4v) is 3.20. The first-order valence-electron chi connectivity index (χ1n) is 8.88. The summed E-state index contributed by atoms with van der Waals surface area (Å²) in [6, 6.07) is 0. The van der Waals surface area contributed by atoms with E-state index < -0.39 is 14.6 Å². The fourth-order valence-electron chi connectivity index (χ4n) is 2.19. The van der Waals surface area contributed by atoms with E-state index in [-0.39, 0.29) is 23.0 Å². The van der Waals surface area contributed by atoms with Crippen molar-refractivity contribution in [1.82, 2.24) is 4.90 Å². The normalized spacial score (nSPS) is 24.2. The summed E-state index contributed by atoms with van der Waals surface area (Å²) >= 11 is 0. The lowest BCUT2D eigenvalue weighted by molar-refractivity contribution is -0.165. The smallest absolute Gasteiger partial charge is 0.222 e. The summed E-state index contributed by atoms with van der Waals surface area (Å²) in [4.78, 5) is 13.7. The van der Waals surface area contributed by atoms with Gasteiger partial charge in [-0.25, -0.2) is 0 Å². The van der Waals surface area contributed by atoms with E-state index in [1.54, 1.807) is 25.1 Å². The van der Waals surface area contributed by atoms with E-state index >= 15 is 0 Å². The minimum atomic E-state index is -1.88. The molecule has 0 aliphatic carbocycles. The molecule has 1 aliphatic heterocycles. The predicted molar refractivity (Wildman–Crippen MR) is 104 cm³/mol. The van der Waals surface area contributed by atoms with Gasteiger partial charge in [-0.05, 0) is 24.2 Å². The fraction of sp³-hybridized carbons (Fsp3) is 0.737. The number of carbonyl (C=O) groups excluding carboxylic acids is 1. The van der Waals surface area contributed by atoms with Crippen molar-refractivity contribution >= 4 is 14.2 Å². The second-order valence-corrected chi connectivity index (χ2v) is 13.1. The predicted octanol–water partition coefficient (Wildman–Crippen LogP) is 3.59. The standard InChI is InChI=1S/C19H35NO4Si/c1-9-12-22-18-11-10-15(13-17(21)20(5)6)16(24-18)14-23-25(7,8)19(2,3)4/h9-11,15-16,18H,1,12-14H2,2-8H3/t15-,16-,18+/m1/s1. The van der Waals surface area contributed by atoms with E-state index in [9.17, 15) is 4.79 Å². The number of hydrogen-bond acceptors (Lipinski definition) is 4. The zero-order valence-electron chi connectivity index (χ0n) is 16.9. The molecule has 0 unspecified atom stereocenters. The molecule has 0 aromatic carbocycles. The van der Waals surface area contributed by atoms with Crippen LogP contribution in [0.1, 0.15) is 27.2 Å². The lowest BCUT2D eigenvalue weighted by Gasteiger charge is -2.39. The lowest BCUT2D eigenvalue weighted by Crippen LogP contribution is -2.46. The Morgan fingerprint density at radius 1 is 1.32 bits per heavy atom. The molecular formula is C19H35NO4Si. The highest BCUT2D eigenvalue weighted by molar-refractivity contribution is 6.74. The third kappa shape index (κ3) is 6.70. The van der Waals surface area contributed by atoms with E-state index in [1.807, 2.05) is 12.2 Å². The molecule has 5 nitrogen and oxygen atoms in total. The van der Waals surface area contributed by atoms with Gasteiger partial charge in [-0.3, -0.25) is 4.79 Å². The molecule has 0 bridgehead atoms. The summed E-state index contributed by atoms with van der Waals surface area (Å²) in [6.07, 6.45) is 5.39. The Hall–Kier alpha value is -0.953. The lowest BCUT2D eigenvalue weighted by atomic mass is 9.95. The van der Waals surface area contributed by atoms with Gasteiger partial charge in [0.25, 0.3) is 0 Å². The Bertz CT molecular complexity index is 482. The van der Waals surface area contributed by atoms with E-state index in [0.717, 1.165) is 0 Å². The third-order valence-corrected chi connectivity index (χ3v) is 9.50. The van der Waals surface area contributed by atoms with Crippen LogP contribution in [0.15, 0.2) is 24.8 Å². The van der Waals surface area contributed by atoms with Crippen molar-refractivity contribution in [3.05, 3.63) is 24.8 Å². The van der Waals surface area contributed by atoms with Gasteiger partial charge in [0, 0.05) is 26.4 Å². The minimum Gasteiger partial charge on any atom is -0.414 e. The van der Waals surface area contributed by atoms with Gasteiger partial charge in [0.2, 0.25) is 5.91 Å². The Morgan fingerprint density at radius 2 is 1.96 bits per heavy atom. The van der Waals surface area contributed by atoms with Crippen LogP contribution in [-0.4, -0.2) is 58.8 Å². The Kier molecular flexibility index (Phi) is 8.06. The molecule has 144 valence electrons. The molecule has 3 atom stereocenters. The number of rotatable bonds is 8. The molecule has 0 fully saturated rings. The van der Waals surface area contributed by atoms with Crippen molar-refractivity contribution in [2.75, 3.05) is 27.3 Å². The molecule has 1 aliphatic rings. The maximum absolute atomic E-state index is 12.1. The molecule has 1 rings (SSSR count). The van der Waals surface area contributed by atoms with Gasteiger partial charge >= 0.3 is 0 Å². The van der Waals surface area contributed by atoms with E-state index in [1.165, 1.54) is 0 Å². The molecule has 25 heavy (non-hydrogen) atoms. The van der Waals surface area contributed by atoms with Crippen LogP contribution in [-0.2, 0) is 18.7 Å². The molecule has 1 amide bonds. The van der Waals surface area contributed by atoms with E-state index in [4.69, 9.17) is 13.9 Å². The summed E-state index contributed by atoms with van der Waals surface area (Å²) in [6.45, 7) is 15.6. The summed E-state index contributed by atoms with van der Waals surface area (Å²) < 4.78 is 18.0. The van der Waals surface area contributed by atoms with Crippen molar-refractivity contribution < 1.29 is 18.7 Å². The summed E-state index contributed by atoms with van der Waals surface area (Å²) in [5.74, 6) is 0.0734. The quantitative estimate of drug-likeness (QED) is 0.485. The largest absolute Gasteiger partial charge is 0.414 e. The zero-order valence-corrected chi connectivity index (χ0v) is 17.9. The molecule has 0 radical (unpaired) electrons. The van der Waals surface area contributed by atoms with E-state index in [0.29, 0.717) is 19.6 Å². The Morgan fingerprint density at radius 3 is 2.48 bits per heavy atom. The van der Waals surface area contributed by atoms with Crippen molar-refractivity contribution in [3.8, 4) is 0 Å². The number of amides is 1. The highest BCUT2D eigenvalue weighted by Gasteiger charge is 2.39. The first-order valence-corrected chi connectivity index (χ1v) is 11.8. The average Bonchev–Trinajstić information content (AvgIpc) is 2.51. The molecule has 1 heterocycles. The zero-order chi connectivity index (χ0) is 19.3. The maximum Gasteiger partial charge on any atom is 0.222 e. The highest BCUT2D eigenvalue weighted by atomic mass is 28.4. The monoisotopic (exact) mass is 369 g/mol. The van der Waals surface area contributed by atoms with Crippen molar-refractivity contribution in [3.63, 3.8) is 0 Å². The summed E-state index contributed by atoms with van der Waals surface area (Å²) in [5.41, 5.74) is 0. The number of hydrogen-bond donors (Lipinski definition) is 0. The molecule has 0 spiro atoms. The molecular weight excluding hydrogens is 334 g/mol. The Balaban J connectivity index is 2.81. The van der Waals surface area contributed by atoms with Crippen LogP contribution in [0.5, 0.6) is 0 Å². The van der Waals surface area contributed by atoms with Crippen LogP contribution in [0.4, 0.5) is 0 Å². The van der Waals surface area contributed by atoms with Gasteiger partial charge in [0.1, 0.15) is 0 Å². The molecule has 0 N–H and O–H groups in total. The van der Waals surface area contributed by atoms with Gasteiger partial charge in [-0.1, -0.05) is 32.9 Å². The third-order valence-electron chi connectivity index (χ3n) is 5.00. The van der Waals surface area contributed by atoms with Crippen LogP contribution in [0.2, 0.25) is 18.1 Å². The highest BCUT2D eigenvalue weighted by Crippen LogP contribution is 2.37. The van der Waals surface area contributed by atoms with Gasteiger partial charge < -0.3 is 18.8 Å². The molecule has 6 heteroatoms. The topological polar surface area (TPSA) is 48.0 Å². The maximum atomic E-state index is 12.1. The number of ether oxygens (including phenoxy) is 2. The minimum absolute atomic E-state index is 0.0109. The SMILES string of the molecule is C=CCO[C@@H]1C=C[C@H](CC(=O)N(C)C)[C@@H](CO[Si](C)(C)C(C)(C)C)O1. The van der Waals surface area contributed by atoms with Crippen LogP contribution in [0, 0.1) is 5.92 Å². The number of nitrogens with zero attached hydrogens (tertiary/aromatic N) is 1. The first-order chi connectivity index (χ1) is 11.5. The first kappa shape index (κ1) is 22.1.